The minimum absolute atomic E-state index is 0.0737. The number of phenols is 1. The third-order valence-electron chi connectivity index (χ3n) is 3.05. The molecule has 20 heavy (non-hydrogen) atoms. The zero-order valence-corrected chi connectivity index (χ0v) is 11.0. The Kier molecular flexibility index (Phi) is 4.00. The molecule has 0 radical (unpaired) electrons. The Bertz CT molecular complexity index is 626. The lowest BCUT2D eigenvalue weighted by Gasteiger charge is -2.18. The van der Waals surface area contributed by atoms with Crippen molar-refractivity contribution in [2.24, 2.45) is 5.73 Å². The lowest BCUT2D eigenvalue weighted by molar-refractivity contribution is 0.0990. The van der Waals surface area contributed by atoms with Crippen LogP contribution in [0.5, 0.6) is 5.75 Å². The molecule has 0 atom stereocenters. The molecule has 0 aliphatic rings. The summed E-state index contributed by atoms with van der Waals surface area (Å²) in [6.45, 7) is 0.419. The highest BCUT2D eigenvalue weighted by Gasteiger charge is 2.17. The van der Waals surface area contributed by atoms with Crippen LogP contribution >= 0.6 is 0 Å². The lowest BCUT2D eigenvalue weighted by atomic mass is 10.1. The topological polar surface area (TPSA) is 66.6 Å². The zero-order valence-electron chi connectivity index (χ0n) is 11.0. The second-order valence-corrected chi connectivity index (χ2v) is 4.40. The van der Waals surface area contributed by atoms with Crippen LogP contribution < -0.4 is 10.6 Å². The van der Waals surface area contributed by atoms with Crippen molar-refractivity contribution < 1.29 is 14.3 Å². The third-order valence-corrected chi connectivity index (χ3v) is 3.05. The van der Waals surface area contributed by atoms with E-state index in [9.17, 15) is 14.3 Å². The van der Waals surface area contributed by atoms with E-state index >= 15 is 0 Å². The SMILES string of the molecule is CN(C(=O)c1cc(F)ccc1O)c1ccc(CN)cc1. The van der Waals surface area contributed by atoms with Crippen LogP contribution in [0.25, 0.3) is 0 Å². The van der Waals surface area contributed by atoms with Gasteiger partial charge in [-0.05, 0) is 35.9 Å². The van der Waals surface area contributed by atoms with Crippen LogP contribution in [0.4, 0.5) is 10.1 Å². The number of hydrogen-bond acceptors (Lipinski definition) is 3. The summed E-state index contributed by atoms with van der Waals surface area (Å²) >= 11 is 0. The van der Waals surface area contributed by atoms with Gasteiger partial charge in [-0.2, -0.15) is 0 Å². The fourth-order valence-corrected chi connectivity index (χ4v) is 1.83. The van der Waals surface area contributed by atoms with Crippen molar-refractivity contribution in [3.8, 4) is 5.75 Å². The van der Waals surface area contributed by atoms with Gasteiger partial charge in [-0.25, -0.2) is 4.39 Å². The molecule has 0 unspecified atom stereocenters. The van der Waals surface area contributed by atoms with Crippen molar-refractivity contribution in [1.82, 2.24) is 0 Å². The van der Waals surface area contributed by atoms with Gasteiger partial charge in [-0.1, -0.05) is 12.1 Å². The molecule has 104 valence electrons. The first-order valence-corrected chi connectivity index (χ1v) is 6.08. The number of anilines is 1. The summed E-state index contributed by atoms with van der Waals surface area (Å²) in [4.78, 5) is 13.6. The molecule has 1 amide bonds. The second kappa shape index (κ2) is 5.71. The number of halogens is 1. The highest BCUT2D eigenvalue weighted by molar-refractivity contribution is 6.07. The minimum atomic E-state index is -0.571. The van der Waals surface area contributed by atoms with Crippen LogP contribution in [0, 0.1) is 5.82 Å². The van der Waals surface area contributed by atoms with Gasteiger partial charge in [0.05, 0.1) is 5.56 Å². The van der Waals surface area contributed by atoms with E-state index < -0.39 is 11.7 Å². The number of phenolic OH excluding ortho intramolecular Hbond substituents is 1. The fourth-order valence-electron chi connectivity index (χ4n) is 1.83. The molecule has 2 rings (SSSR count). The third kappa shape index (κ3) is 2.78. The summed E-state index contributed by atoms with van der Waals surface area (Å²) in [7, 11) is 1.56. The monoisotopic (exact) mass is 274 g/mol. The molecule has 3 N–H and O–H groups in total. The first-order valence-electron chi connectivity index (χ1n) is 6.08. The van der Waals surface area contributed by atoms with Gasteiger partial charge in [-0.3, -0.25) is 4.79 Å². The molecule has 0 heterocycles. The summed E-state index contributed by atoms with van der Waals surface area (Å²) in [6, 6.07) is 10.4. The highest BCUT2D eigenvalue weighted by atomic mass is 19.1. The van der Waals surface area contributed by atoms with Gasteiger partial charge < -0.3 is 15.7 Å². The number of amides is 1. The molecule has 5 heteroatoms. The number of rotatable bonds is 3. The molecule has 0 bridgehead atoms. The molecular formula is C15H15FN2O2. The first-order chi connectivity index (χ1) is 9.52. The van der Waals surface area contributed by atoms with Gasteiger partial charge in [0, 0.05) is 19.3 Å². The standard InChI is InChI=1S/C15H15FN2O2/c1-18(12-5-2-10(9-17)3-6-12)15(20)13-8-11(16)4-7-14(13)19/h2-8,19H,9,17H2,1H3. The minimum Gasteiger partial charge on any atom is -0.507 e. The normalized spacial score (nSPS) is 10.3. The van der Waals surface area contributed by atoms with Crippen LogP contribution in [0.2, 0.25) is 0 Å². The molecule has 2 aromatic carbocycles. The lowest BCUT2D eigenvalue weighted by Crippen LogP contribution is -2.26. The average Bonchev–Trinajstić information content (AvgIpc) is 2.48. The van der Waals surface area contributed by atoms with E-state index in [1.54, 1.807) is 19.2 Å². The highest BCUT2D eigenvalue weighted by Crippen LogP contribution is 2.22. The Morgan fingerprint density at radius 2 is 1.90 bits per heavy atom. The molecule has 0 fully saturated rings. The number of benzene rings is 2. The first kappa shape index (κ1) is 14.0. The summed E-state index contributed by atoms with van der Waals surface area (Å²) in [5.74, 6) is -1.30. The van der Waals surface area contributed by atoms with E-state index in [1.807, 2.05) is 12.1 Å². The quantitative estimate of drug-likeness (QED) is 0.902. The van der Waals surface area contributed by atoms with Crippen molar-refractivity contribution in [3.63, 3.8) is 0 Å². The Morgan fingerprint density at radius 3 is 2.50 bits per heavy atom. The molecule has 0 aliphatic heterocycles. The van der Waals surface area contributed by atoms with E-state index in [-0.39, 0.29) is 11.3 Å². The number of aromatic hydroxyl groups is 1. The Morgan fingerprint density at radius 1 is 1.25 bits per heavy atom. The maximum atomic E-state index is 13.2. The average molecular weight is 274 g/mol. The van der Waals surface area contributed by atoms with Crippen LogP contribution in [0.15, 0.2) is 42.5 Å². The maximum Gasteiger partial charge on any atom is 0.261 e. The van der Waals surface area contributed by atoms with E-state index in [2.05, 4.69) is 0 Å². The van der Waals surface area contributed by atoms with E-state index in [4.69, 9.17) is 5.73 Å². The van der Waals surface area contributed by atoms with Gasteiger partial charge in [0.15, 0.2) is 0 Å². The molecule has 2 aromatic rings. The van der Waals surface area contributed by atoms with Crippen LogP contribution in [0.1, 0.15) is 15.9 Å². The van der Waals surface area contributed by atoms with Gasteiger partial charge in [-0.15, -0.1) is 0 Å². The number of carbonyl (C=O) groups is 1. The van der Waals surface area contributed by atoms with Crippen LogP contribution in [-0.4, -0.2) is 18.1 Å². The van der Waals surface area contributed by atoms with Crippen molar-refractivity contribution in [1.29, 1.82) is 0 Å². The Hall–Kier alpha value is -2.40. The largest absolute Gasteiger partial charge is 0.507 e. The zero-order chi connectivity index (χ0) is 14.7. The summed E-state index contributed by atoms with van der Waals surface area (Å²) in [5.41, 5.74) is 7.02. The van der Waals surface area contributed by atoms with Crippen molar-refractivity contribution in [3.05, 3.63) is 59.4 Å². The maximum absolute atomic E-state index is 13.2. The summed E-state index contributed by atoms with van der Waals surface area (Å²) < 4.78 is 13.2. The molecule has 0 saturated heterocycles. The fraction of sp³-hybridized carbons (Fsp3) is 0.133. The van der Waals surface area contributed by atoms with E-state index in [0.29, 0.717) is 12.2 Å². The van der Waals surface area contributed by atoms with Gasteiger partial charge >= 0.3 is 0 Å². The van der Waals surface area contributed by atoms with E-state index in [1.165, 1.54) is 4.90 Å². The van der Waals surface area contributed by atoms with Crippen molar-refractivity contribution in [2.45, 2.75) is 6.54 Å². The number of nitrogens with two attached hydrogens (primary N) is 1. The van der Waals surface area contributed by atoms with Gasteiger partial charge in [0.1, 0.15) is 11.6 Å². The molecule has 0 aromatic heterocycles. The predicted molar refractivity (Wildman–Crippen MR) is 75.1 cm³/mol. The van der Waals surface area contributed by atoms with Gasteiger partial charge in [0.25, 0.3) is 5.91 Å². The summed E-state index contributed by atoms with van der Waals surface area (Å²) in [5, 5.41) is 9.65. The molecule has 0 spiro atoms. The second-order valence-electron chi connectivity index (χ2n) is 4.40. The Labute approximate surface area is 116 Å². The number of hydrogen-bond donors (Lipinski definition) is 2. The molecule has 0 saturated carbocycles. The number of carbonyl (C=O) groups excluding carboxylic acids is 1. The Balaban J connectivity index is 2.29. The van der Waals surface area contributed by atoms with Crippen LogP contribution in [0.3, 0.4) is 0 Å². The van der Waals surface area contributed by atoms with E-state index in [0.717, 1.165) is 23.8 Å². The molecular weight excluding hydrogens is 259 g/mol. The number of nitrogens with zero attached hydrogens (tertiary/aromatic N) is 1. The molecule has 0 aliphatic carbocycles. The molecule has 4 nitrogen and oxygen atoms in total. The predicted octanol–water partition coefficient (Wildman–Crippen LogP) is 2.27. The smallest absolute Gasteiger partial charge is 0.261 e. The van der Waals surface area contributed by atoms with Crippen molar-refractivity contribution >= 4 is 11.6 Å². The van der Waals surface area contributed by atoms with Crippen molar-refractivity contribution in [2.75, 3.05) is 11.9 Å². The van der Waals surface area contributed by atoms with Crippen LogP contribution in [-0.2, 0) is 6.54 Å². The van der Waals surface area contributed by atoms with Gasteiger partial charge in [0.2, 0.25) is 0 Å². The summed E-state index contributed by atoms with van der Waals surface area (Å²) in [6.07, 6.45) is 0.